The second-order valence-corrected chi connectivity index (χ2v) is 9.66. The quantitative estimate of drug-likeness (QED) is 0.577. The lowest BCUT2D eigenvalue weighted by atomic mass is 10.1. The maximum atomic E-state index is 11.7. The molecule has 0 aliphatic carbocycles. The Kier molecular flexibility index (Phi) is 7.09. The van der Waals surface area contributed by atoms with Crippen molar-refractivity contribution in [2.45, 2.75) is 31.1 Å². The van der Waals surface area contributed by atoms with Gasteiger partial charge in [0.25, 0.3) is 0 Å². The molecule has 6 heteroatoms. The largest absolute Gasteiger partial charge is 0.326 e. The van der Waals surface area contributed by atoms with E-state index in [4.69, 9.17) is 17.3 Å². The molecule has 152 valence electrons. The molecule has 0 fully saturated rings. The first kappa shape index (κ1) is 21.5. The van der Waals surface area contributed by atoms with E-state index in [0.717, 1.165) is 24.2 Å². The van der Waals surface area contributed by atoms with E-state index >= 15 is 0 Å². The molecular weight excluding hydrogens is 404 g/mol. The van der Waals surface area contributed by atoms with E-state index in [1.165, 1.54) is 17.4 Å². The lowest BCUT2D eigenvalue weighted by Gasteiger charge is -2.23. The van der Waals surface area contributed by atoms with Gasteiger partial charge in [-0.3, -0.25) is 4.90 Å². The van der Waals surface area contributed by atoms with Crippen molar-refractivity contribution in [3.05, 3.63) is 100 Å². The molecular formula is C23H25ClN2O2S. The number of benzene rings is 3. The van der Waals surface area contributed by atoms with Gasteiger partial charge in [0.1, 0.15) is 0 Å². The topological polar surface area (TPSA) is 63.4 Å². The number of hydrogen-bond acceptors (Lipinski definition) is 4. The SMILES string of the molecule is CS(=O)(=O)c1ccc(CN(Cc2ccc(Cl)cc2)Cc2ccc(CN)cc2)cc1. The zero-order chi connectivity index (χ0) is 20.9. The third-order valence-electron chi connectivity index (χ3n) is 4.74. The maximum absolute atomic E-state index is 11.7. The van der Waals surface area contributed by atoms with Gasteiger partial charge in [-0.15, -0.1) is 0 Å². The zero-order valence-electron chi connectivity index (χ0n) is 16.4. The van der Waals surface area contributed by atoms with Crippen molar-refractivity contribution in [1.82, 2.24) is 4.90 Å². The Balaban J connectivity index is 1.79. The average molecular weight is 429 g/mol. The van der Waals surface area contributed by atoms with E-state index in [0.29, 0.717) is 23.0 Å². The number of sulfone groups is 1. The van der Waals surface area contributed by atoms with Crippen LogP contribution in [0, 0.1) is 0 Å². The summed E-state index contributed by atoms with van der Waals surface area (Å²) >= 11 is 6.01. The second-order valence-electron chi connectivity index (χ2n) is 7.21. The molecule has 0 spiro atoms. The van der Waals surface area contributed by atoms with Crippen molar-refractivity contribution < 1.29 is 8.42 Å². The van der Waals surface area contributed by atoms with E-state index < -0.39 is 9.84 Å². The summed E-state index contributed by atoms with van der Waals surface area (Å²) in [4.78, 5) is 2.65. The Labute approximate surface area is 177 Å². The molecule has 3 aromatic rings. The molecule has 0 saturated carbocycles. The first-order valence-electron chi connectivity index (χ1n) is 9.37. The fourth-order valence-electron chi connectivity index (χ4n) is 3.15. The number of nitrogens with zero attached hydrogens (tertiary/aromatic N) is 1. The van der Waals surface area contributed by atoms with Gasteiger partial charge in [-0.2, -0.15) is 0 Å². The molecule has 0 aromatic heterocycles. The zero-order valence-corrected chi connectivity index (χ0v) is 18.0. The van der Waals surface area contributed by atoms with Crippen LogP contribution in [-0.4, -0.2) is 19.6 Å². The fourth-order valence-corrected chi connectivity index (χ4v) is 3.91. The fraction of sp³-hybridized carbons (Fsp3) is 0.217. The highest BCUT2D eigenvalue weighted by molar-refractivity contribution is 7.90. The minimum atomic E-state index is -3.19. The number of nitrogens with two attached hydrogens (primary N) is 1. The summed E-state index contributed by atoms with van der Waals surface area (Å²) in [7, 11) is -3.19. The molecule has 0 saturated heterocycles. The van der Waals surface area contributed by atoms with Gasteiger partial charge in [-0.25, -0.2) is 8.42 Å². The van der Waals surface area contributed by atoms with Crippen LogP contribution >= 0.6 is 11.6 Å². The van der Waals surface area contributed by atoms with Gasteiger partial charge < -0.3 is 5.73 Å². The van der Waals surface area contributed by atoms with Crippen molar-refractivity contribution in [2.24, 2.45) is 5.73 Å². The predicted molar refractivity (Wildman–Crippen MR) is 118 cm³/mol. The predicted octanol–water partition coefficient (Wildman–Crippen LogP) is 4.40. The van der Waals surface area contributed by atoms with Crippen LogP contribution in [0.4, 0.5) is 0 Å². The first-order chi connectivity index (χ1) is 13.8. The number of rotatable bonds is 8. The highest BCUT2D eigenvalue weighted by atomic mass is 35.5. The molecule has 0 amide bonds. The molecule has 3 rings (SSSR count). The molecule has 0 atom stereocenters. The minimum Gasteiger partial charge on any atom is -0.326 e. The van der Waals surface area contributed by atoms with Gasteiger partial charge in [-0.05, 0) is 46.5 Å². The molecule has 29 heavy (non-hydrogen) atoms. The van der Waals surface area contributed by atoms with Crippen molar-refractivity contribution >= 4 is 21.4 Å². The lowest BCUT2D eigenvalue weighted by Crippen LogP contribution is -2.22. The van der Waals surface area contributed by atoms with Crippen molar-refractivity contribution in [1.29, 1.82) is 0 Å². The summed E-state index contributed by atoms with van der Waals surface area (Å²) in [6.07, 6.45) is 1.22. The third-order valence-corrected chi connectivity index (χ3v) is 6.12. The van der Waals surface area contributed by atoms with Crippen molar-refractivity contribution in [3.63, 3.8) is 0 Å². The second kappa shape index (κ2) is 9.55. The minimum absolute atomic E-state index is 0.336. The van der Waals surface area contributed by atoms with E-state index in [-0.39, 0.29) is 0 Å². The van der Waals surface area contributed by atoms with Gasteiger partial charge >= 0.3 is 0 Å². The van der Waals surface area contributed by atoms with Crippen LogP contribution < -0.4 is 5.73 Å². The Morgan fingerprint density at radius 3 is 1.52 bits per heavy atom. The molecule has 0 aliphatic rings. The summed E-state index contributed by atoms with van der Waals surface area (Å²) in [5, 5.41) is 0.717. The normalized spacial score (nSPS) is 11.7. The monoisotopic (exact) mass is 428 g/mol. The van der Waals surface area contributed by atoms with Crippen LogP contribution in [0.25, 0.3) is 0 Å². The van der Waals surface area contributed by atoms with Crippen LogP contribution in [0.2, 0.25) is 5.02 Å². The summed E-state index contributed by atoms with van der Waals surface area (Å²) in [5.74, 6) is 0. The van der Waals surface area contributed by atoms with Gasteiger partial charge in [0, 0.05) is 37.5 Å². The van der Waals surface area contributed by atoms with Crippen LogP contribution in [-0.2, 0) is 36.0 Å². The number of halogens is 1. The Hall–Kier alpha value is -2.18. The van der Waals surface area contributed by atoms with E-state index in [1.54, 1.807) is 12.1 Å². The van der Waals surface area contributed by atoms with E-state index in [9.17, 15) is 8.42 Å². The third kappa shape index (κ3) is 6.41. The smallest absolute Gasteiger partial charge is 0.175 e. The van der Waals surface area contributed by atoms with Crippen LogP contribution in [0.1, 0.15) is 22.3 Å². The Morgan fingerprint density at radius 1 is 0.724 bits per heavy atom. The molecule has 2 N–H and O–H groups in total. The molecule has 0 radical (unpaired) electrons. The first-order valence-corrected chi connectivity index (χ1v) is 11.6. The van der Waals surface area contributed by atoms with E-state index in [2.05, 4.69) is 29.2 Å². The Morgan fingerprint density at radius 2 is 1.10 bits per heavy atom. The molecule has 0 heterocycles. The van der Waals surface area contributed by atoms with E-state index in [1.807, 2.05) is 36.4 Å². The maximum Gasteiger partial charge on any atom is 0.175 e. The van der Waals surface area contributed by atoms with Gasteiger partial charge in [0.2, 0.25) is 0 Å². The van der Waals surface area contributed by atoms with Crippen LogP contribution in [0.5, 0.6) is 0 Å². The Bertz CT molecular complexity index is 1030. The standard InChI is InChI=1S/C23H25ClN2O2S/c1-29(27,28)23-12-8-21(9-13-23)17-26(16-20-6-10-22(24)11-7-20)15-19-4-2-18(14-25)3-5-19/h2-13H,14-17,25H2,1H3. The number of hydrogen-bond donors (Lipinski definition) is 1. The van der Waals surface area contributed by atoms with Gasteiger partial charge in [0.15, 0.2) is 9.84 Å². The summed E-state index contributed by atoms with van der Waals surface area (Å²) in [5.41, 5.74) is 10.2. The van der Waals surface area contributed by atoms with Crippen LogP contribution in [0.3, 0.4) is 0 Å². The summed E-state index contributed by atoms with van der Waals surface area (Å²) in [6.45, 7) is 2.75. The summed E-state index contributed by atoms with van der Waals surface area (Å²) < 4.78 is 23.4. The van der Waals surface area contributed by atoms with Gasteiger partial charge in [-0.1, -0.05) is 60.1 Å². The highest BCUT2D eigenvalue weighted by Crippen LogP contribution is 2.18. The molecule has 3 aromatic carbocycles. The van der Waals surface area contributed by atoms with Gasteiger partial charge in [0.05, 0.1) is 4.90 Å². The molecule has 0 aliphatic heterocycles. The van der Waals surface area contributed by atoms with Crippen molar-refractivity contribution in [2.75, 3.05) is 6.26 Å². The lowest BCUT2D eigenvalue weighted by molar-refractivity contribution is 0.247. The van der Waals surface area contributed by atoms with Crippen molar-refractivity contribution in [3.8, 4) is 0 Å². The molecule has 4 nitrogen and oxygen atoms in total. The average Bonchev–Trinajstić information content (AvgIpc) is 2.70. The molecule has 0 unspecified atom stereocenters. The van der Waals surface area contributed by atoms with Crippen LogP contribution in [0.15, 0.2) is 77.7 Å². The molecule has 0 bridgehead atoms. The highest BCUT2D eigenvalue weighted by Gasteiger charge is 2.11. The summed E-state index contributed by atoms with van der Waals surface area (Å²) in [6, 6.07) is 23.2.